The number of likely N-dealkylation sites (N-methyl/N-ethyl adjacent to an activating group) is 1. The third-order valence-electron chi connectivity index (χ3n) is 3.61. The van der Waals surface area contributed by atoms with Gasteiger partial charge in [0.15, 0.2) is 0 Å². The zero-order chi connectivity index (χ0) is 20.2. The van der Waals surface area contributed by atoms with Crippen LogP contribution in [-0.4, -0.2) is 38.6 Å². The van der Waals surface area contributed by atoms with Gasteiger partial charge in [-0.05, 0) is 31.3 Å². The van der Waals surface area contributed by atoms with Crippen LogP contribution in [0.15, 0.2) is 47.4 Å². The predicted molar refractivity (Wildman–Crippen MR) is 96.0 cm³/mol. The van der Waals surface area contributed by atoms with Crippen molar-refractivity contribution in [1.29, 1.82) is 0 Å². The molecular weight excluding hydrogens is 405 g/mol. The summed E-state index contributed by atoms with van der Waals surface area (Å²) in [5.74, 6) is -4.79. The van der Waals surface area contributed by atoms with E-state index in [1.165, 1.54) is 48.3 Å². The molecule has 2 rings (SSSR count). The van der Waals surface area contributed by atoms with E-state index < -0.39 is 32.2 Å². The summed E-state index contributed by atoms with van der Waals surface area (Å²) < 4.78 is 62.8. The van der Waals surface area contributed by atoms with Crippen molar-refractivity contribution in [3.63, 3.8) is 0 Å². The van der Waals surface area contributed by atoms with Crippen LogP contribution in [-0.2, 0) is 21.2 Å². The second kappa shape index (κ2) is 8.73. The van der Waals surface area contributed by atoms with E-state index in [-0.39, 0.29) is 29.4 Å². The Morgan fingerprint density at radius 1 is 1.19 bits per heavy atom. The van der Waals surface area contributed by atoms with Crippen LogP contribution < -0.4 is 5.32 Å². The number of para-hydroxylation sites is 1. The molecule has 10 heteroatoms. The molecule has 0 saturated carbocycles. The van der Waals surface area contributed by atoms with Gasteiger partial charge in [0.25, 0.3) is 0 Å². The molecule has 1 amide bonds. The summed E-state index contributed by atoms with van der Waals surface area (Å²) in [6.45, 7) is -0.219. The molecule has 0 heterocycles. The van der Waals surface area contributed by atoms with E-state index in [0.29, 0.717) is 0 Å². The number of rotatable bonds is 7. The minimum Gasteiger partial charge on any atom is -0.324 e. The number of hydrogen-bond acceptors (Lipinski definition) is 4. The van der Waals surface area contributed by atoms with Gasteiger partial charge in [-0.1, -0.05) is 29.8 Å². The summed E-state index contributed by atoms with van der Waals surface area (Å²) in [7, 11) is -3.34. The Labute approximate surface area is 159 Å². The first-order valence-electron chi connectivity index (χ1n) is 7.65. The zero-order valence-corrected chi connectivity index (χ0v) is 15.7. The van der Waals surface area contributed by atoms with Crippen LogP contribution in [0.1, 0.15) is 5.56 Å². The van der Waals surface area contributed by atoms with Gasteiger partial charge >= 0.3 is 5.76 Å². The highest BCUT2D eigenvalue weighted by Gasteiger charge is 2.29. The third-order valence-corrected chi connectivity index (χ3v) is 5.40. The van der Waals surface area contributed by atoms with Crippen molar-refractivity contribution in [3.8, 4) is 0 Å². The molecule has 5 nitrogen and oxygen atoms in total. The highest BCUT2D eigenvalue weighted by Crippen LogP contribution is 2.26. The number of alkyl halides is 2. The Hall–Kier alpha value is -2.10. The number of carbonyl (C=O) groups is 1. The largest absolute Gasteiger partial charge is 0.341 e. The fourth-order valence-corrected chi connectivity index (χ4v) is 3.47. The number of amides is 1. The lowest BCUT2D eigenvalue weighted by atomic mass is 10.2. The molecule has 0 radical (unpaired) electrons. The van der Waals surface area contributed by atoms with Gasteiger partial charge < -0.3 is 5.32 Å². The number of hydrogen-bond donors (Lipinski definition) is 1. The van der Waals surface area contributed by atoms with E-state index in [0.717, 1.165) is 6.07 Å². The number of halogens is 4. The predicted octanol–water partition coefficient (Wildman–Crippen LogP) is 3.55. The molecule has 0 atom stereocenters. The normalized spacial score (nSPS) is 11.8. The molecule has 0 unspecified atom stereocenters. The van der Waals surface area contributed by atoms with E-state index in [1.54, 1.807) is 0 Å². The minimum atomic E-state index is -4.87. The van der Waals surface area contributed by atoms with Crippen molar-refractivity contribution in [3.05, 3.63) is 58.9 Å². The van der Waals surface area contributed by atoms with Crippen LogP contribution >= 0.6 is 11.6 Å². The fourth-order valence-electron chi connectivity index (χ4n) is 2.36. The number of anilines is 1. The van der Waals surface area contributed by atoms with Crippen molar-refractivity contribution >= 4 is 33.0 Å². The monoisotopic (exact) mass is 420 g/mol. The molecule has 0 aliphatic carbocycles. The maximum atomic E-state index is 13.8. The highest BCUT2D eigenvalue weighted by molar-refractivity contribution is 7.91. The van der Waals surface area contributed by atoms with Gasteiger partial charge in [-0.3, -0.25) is 9.69 Å². The third kappa shape index (κ3) is 5.21. The summed E-state index contributed by atoms with van der Waals surface area (Å²) in [6.07, 6.45) is 0. The molecule has 146 valence electrons. The van der Waals surface area contributed by atoms with E-state index in [4.69, 9.17) is 11.6 Å². The number of sulfone groups is 1. The molecule has 0 spiro atoms. The van der Waals surface area contributed by atoms with Gasteiger partial charge in [-0.2, -0.15) is 8.78 Å². The van der Waals surface area contributed by atoms with Gasteiger partial charge in [-0.25, -0.2) is 12.8 Å². The Balaban J connectivity index is 2.11. The van der Waals surface area contributed by atoms with Crippen molar-refractivity contribution in [2.24, 2.45) is 0 Å². The first-order valence-corrected chi connectivity index (χ1v) is 9.57. The fraction of sp³-hybridized carbons (Fsp3) is 0.235. The maximum absolute atomic E-state index is 13.8. The smallest absolute Gasteiger partial charge is 0.324 e. The summed E-state index contributed by atoms with van der Waals surface area (Å²) in [4.78, 5) is 12.9. The SMILES string of the molecule is CN(CC(=O)Nc1ccccc1S(=O)(=O)C(F)F)Cc1c(F)cccc1Cl. The van der Waals surface area contributed by atoms with Crippen LogP contribution in [0, 0.1) is 5.82 Å². The van der Waals surface area contributed by atoms with Crippen molar-refractivity contribution in [2.75, 3.05) is 18.9 Å². The van der Waals surface area contributed by atoms with Gasteiger partial charge in [-0.15, -0.1) is 0 Å². The quantitative estimate of drug-likeness (QED) is 0.744. The van der Waals surface area contributed by atoms with Gasteiger partial charge in [0.2, 0.25) is 15.7 Å². The van der Waals surface area contributed by atoms with Crippen LogP contribution in [0.2, 0.25) is 5.02 Å². The number of benzene rings is 2. The van der Waals surface area contributed by atoms with E-state index >= 15 is 0 Å². The van der Waals surface area contributed by atoms with Gasteiger partial charge in [0.1, 0.15) is 5.82 Å². The van der Waals surface area contributed by atoms with Crippen LogP contribution in [0.3, 0.4) is 0 Å². The Morgan fingerprint density at radius 3 is 2.48 bits per heavy atom. The van der Waals surface area contributed by atoms with E-state index in [1.807, 2.05) is 0 Å². The molecule has 0 bridgehead atoms. The molecule has 2 aromatic rings. The summed E-state index contributed by atoms with van der Waals surface area (Å²) in [5.41, 5.74) is -0.0460. The van der Waals surface area contributed by atoms with Crippen molar-refractivity contribution in [2.45, 2.75) is 17.2 Å². The highest BCUT2D eigenvalue weighted by atomic mass is 35.5. The molecule has 0 aromatic heterocycles. The van der Waals surface area contributed by atoms with Crippen molar-refractivity contribution in [1.82, 2.24) is 4.90 Å². The molecular formula is C17H16ClF3N2O3S. The molecule has 2 aromatic carbocycles. The molecule has 0 aliphatic heterocycles. The number of carbonyl (C=O) groups excluding carboxylic acids is 1. The topological polar surface area (TPSA) is 66.5 Å². The molecule has 27 heavy (non-hydrogen) atoms. The van der Waals surface area contributed by atoms with Gasteiger partial charge in [0.05, 0.1) is 17.1 Å². The van der Waals surface area contributed by atoms with E-state index in [9.17, 15) is 26.4 Å². The Kier molecular flexibility index (Phi) is 6.85. The molecule has 0 fully saturated rings. The minimum absolute atomic E-state index is 0.0237. The van der Waals surface area contributed by atoms with Crippen LogP contribution in [0.4, 0.5) is 18.9 Å². The Morgan fingerprint density at radius 2 is 1.85 bits per heavy atom. The summed E-state index contributed by atoms with van der Waals surface area (Å²) in [6, 6.07) is 9.08. The second-order valence-corrected chi connectivity index (χ2v) is 8.02. The Bertz CT molecular complexity index is 919. The summed E-state index contributed by atoms with van der Waals surface area (Å²) in [5, 5.41) is 2.50. The lowest BCUT2D eigenvalue weighted by molar-refractivity contribution is -0.117. The average Bonchev–Trinajstić information content (AvgIpc) is 2.58. The van der Waals surface area contributed by atoms with Crippen LogP contribution in [0.5, 0.6) is 0 Å². The summed E-state index contributed by atoms with van der Waals surface area (Å²) >= 11 is 5.94. The first kappa shape index (κ1) is 21.2. The lowest BCUT2D eigenvalue weighted by Gasteiger charge is -2.18. The molecule has 1 N–H and O–H groups in total. The van der Waals surface area contributed by atoms with Crippen molar-refractivity contribution < 1.29 is 26.4 Å². The molecule has 0 saturated heterocycles. The molecule has 0 aliphatic rings. The van der Waals surface area contributed by atoms with Gasteiger partial charge in [0, 0.05) is 17.1 Å². The first-order chi connectivity index (χ1) is 12.6. The van der Waals surface area contributed by atoms with E-state index in [2.05, 4.69) is 5.32 Å². The average molecular weight is 421 g/mol. The zero-order valence-electron chi connectivity index (χ0n) is 14.1. The second-order valence-electron chi connectivity index (χ2n) is 5.72. The van der Waals surface area contributed by atoms with Crippen LogP contribution in [0.25, 0.3) is 0 Å². The number of nitrogens with one attached hydrogen (secondary N) is 1. The lowest BCUT2D eigenvalue weighted by Crippen LogP contribution is -2.30. The maximum Gasteiger partial charge on any atom is 0.341 e. The number of nitrogens with zero attached hydrogens (tertiary/aromatic N) is 1. The standard InChI is InChI=1S/C17H16ClF3N2O3S/c1-23(9-11-12(18)5-4-6-13(11)19)10-16(24)22-14-7-2-3-8-15(14)27(25,26)17(20)21/h2-8,17H,9-10H2,1H3,(H,22,24).